The van der Waals surface area contributed by atoms with E-state index in [0.717, 1.165) is 5.00 Å². The molecule has 0 spiro atoms. The van der Waals surface area contributed by atoms with E-state index in [1.165, 1.54) is 24.5 Å². The van der Waals surface area contributed by atoms with Gasteiger partial charge in [0.2, 0.25) is 0 Å². The van der Waals surface area contributed by atoms with Gasteiger partial charge in [0.1, 0.15) is 16.3 Å². The molecule has 0 amide bonds. The molecular formula is C11H13NO3S. The molecule has 0 saturated heterocycles. The van der Waals surface area contributed by atoms with Crippen molar-refractivity contribution in [3.63, 3.8) is 0 Å². The lowest BCUT2D eigenvalue weighted by Gasteiger charge is -2.02. The Morgan fingerprint density at radius 1 is 1.69 bits per heavy atom. The van der Waals surface area contributed by atoms with Gasteiger partial charge in [0.05, 0.1) is 6.61 Å². The predicted molar refractivity (Wildman–Crippen MR) is 64.4 cm³/mol. The molecule has 0 unspecified atom stereocenters. The van der Waals surface area contributed by atoms with E-state index in [1.54, 1.807) is 6.92 Å². The zero-order chi connectivity index (χ0) is 12.0. The van der Waals surface area contributed by atoms with Gasteiger partial charge in [0, 0.05) is 6.21 Å². The Morgan fingerprint density at radius 3 is 2.94 bits per heavy atom. The number of hydrogen-bond donors (Lipinski definition) is 1. The molecular weight excluding hydrogens is 226 g/mol. The van der Waals surface area contributed by atoms with Crippen molar-refractivity contribution in [2.75, 3.05) is 6.61 Å². The van der Waals surface area contributed by atoms with Crippen LogP contribution in [0, 0.1) is 0 Å². The third-order valence-electron chi connectivity index (χ3n) is 1.71. The Labute approximate surface area is 97.9 Å². The molecule has 1 N–H and O–H groups in total. The Balaban J connectivity index is 2.82. The van der Waals surface area contributed by atoms with Crippen LogP contribution in [0.25, 0.3) is 0 Å². The average Bonchev–Trinajstić information content (AvgIpc) is 2.70. The average molecular weight is 239 g/mol. The minimum atomic E-state index is -0.567. The van der Waals surface area contributed by atoms with Crippen LogP contribution in [-0.2, 0) is 9.53 Å². The minimum Gasteiger partial charge on any atom is -0.512 e. The Bertz CT molecular complexity index is 403. The van der Waals surface area contributed by atoms with Crippen molar-refractivity contribution in [3.8, 4) is 0 Å². The van der Waals surface area contributed by atoms with Crippen molar-refractivity contribution in [1.82, 2.24) is 0 Å². The molecule has 0 bridgehead atoms. The Morgan fingerprint density at radius 2 is 2.44 bits per heavy atom. The van der Waals surface area contributed by atoms with Crippen LogP contribution < -0.4 is 0 Å². The Hall–Kier alpha value is -1.62. The number of esters is 1. The maximum atomic E-state index is 11.4. The number of carbonyl (C=O) groups excluding carboxylic acids is 1. The lowest BCUT2D eigenvalue weighted by Crippen LogP contribution is -2.10. The van der Waals surface area contributed by atoms with Crippen molar-refractivity contribution < 1.29 is 14.6 Å². The number of aliphatic hydroxyl groups excluding tert-OH is 1. The van der Waals surface area contributed by atoms with Gasteiger partial charge in [-0.15, -0.1) is 11.3 Å². The maximum absolute atomic E-state index is 11.4. The number of thiophene rings is 1. The number of nitrogens with zero attached hydrogens (tertiary/aromatic N) is 1. The van der Waals surface area contributed by atoms with Crippen LogP contribution in [0.2, 0.25) is 0 Å². The lowest BCUT2D eigenvalue weighted by molar-refractivity contribution is -0.138. The summed E-state index contributed by atoms with van der Waals surface area (Å²) < 4.78 is 4.79. The van der Waals surface area contributed by atoms with Crippen LogP contribution in [0.15, 0.2) is 33.8 Å². The summed E-state index contributed by atoms with van der Waals surface area (Å²) >= 11 is 1.45. The first kappa shape index (κ1) is 12.4. The van der Waals surface area contributed by atoms with Gasteiger partial charge in [0.25, 0.3) is 0 Å². The Kier molecular flexibility index (Phi) is 4.72. The zero-order valence-electron chi connectivity index (χ0n) is 9.14. The highest BCUT2D eigenvalue weighted by molar-refractivity contribution is 7.13. The third kappa shape index (κ3) is 3.51. The number of allylic oxidation sites excluding steroid dienone is 1. The summed E-state index contributed by atoms with van der Waals surface area (Å²) in [5.74, 6) is -0.665. The van der Waals surface area contributed by atoms with Crippen LogP contribution in [0.1, 0.15) is 13.8 Å². The molecule has 0 atom stereocenters. The van der Waals surface area contributed by atoms with Gasteiger partial charge in [0.15, 0.2) is 0 Å². The van der Waals surface area contributed by atoms with Crippen LogP contribution in [-0.4, -0.2) is 23.9 Å². The molecule has 0 aromatic carbocycles. The molecule has 5 heteroatoms. The van der Waals surface area contributed by atoms with E-state index in [2.05, 4.69) is 4.99 Å². The van der Waals surface area contributed by atoms with Gasteiger partial charge in [-0.25, -0.2) is 9.79 Å². The summed E-state index contributed by atoms with van der Waals surface area (Å²) in [6.45, 7) is 3.40. The second-order valence-corrected chi connectivity index (χ2v) is 3.86. The van der Waals surface area contributed by atoms with Gasteiger partial charge >= 0.3 is 5.97 Å². The first-order valence-corrected chi connectivity index (χ1v) is 5.67. The molecule has 0 aliphatic rings. The molecule has 1 rings (SSSR count). The van der Waals surface area contributed by atoms with Gasteiger partial charge in [-0.1, -0.05) is 0 Å². The molecule has 1 aromatic rings. The number of ether oxygens (including phenoxy) is 1. The molecule has 0 aliphatic carbocycles. The molecule has 4 nitrogen and oxygen atoms in total. The standard InChI is InChI=1S/C11H13NO3S/c1-3-15-11(14)9(8(2)13)7-12-10-5-4-6-16-10/h4-7,13H,3H2,1-2H3/b9-8-,12-7-. The number of carbonyl (C=O) groups is 1. The van der Waals surface area contributed by atoms with Crippen LogP contribution in [0.4, 0.5) is 5.00 Å². The monoisotopic (exact) mass is 239 g/mol. The number of aliphatic imine (C=N–C) groups is 1. The maximum Gasteiger partial charge on any atom is 0.343 e. The van der Waals surface area contributed by atoms with Gasteiger partial charge in [-0.3, -0.25) is 0 Å². The molecule has 0 radical (unpaired) electrons. The molecule has 86 valence electrons. The van der Waals surface area contributed by atoms with Crippen molar-refractivity contribution in [2.45, 2.75) is 13.8 Å². The summed E-state index contributed by atoms with van der Waals surface area (Å²) in [6.07, 6.45) is 1.32. The second-order valence-electron chi connectivity index (χ2n) is 2.93. The first-order valence-electron chi connectivity index (χ1n) is 4.79. The molecule has 16 heavy (non-hydrogen) atoms. The second kappa shape index (κ2) is 6.07. The van der Waals surface area contributed by atoms with E-state index in [-0.39, 0.29) is 17.9 Å². The summed E-state index contributed by atoms with van der Waals surface area (Å²) in [5, 5.41) is 12.0. The van der Waals surface area contributed by atoms with Crippen molar-refractivity contribution >= 4 is 28.5 Å². The highest BCUT2D eigenvalue weighted by atomic mass is 32.1. The zero-order valence-corrected chi connectivity index (χ0v) is 9.95. The van der Waals surface area contributed by atoms with Crippen molar-refractivity contribution in [2.24, 2.45) is 4.99 Å². The highest BCUT2D eigenvalue weighted by Gasteiger charge is 2.11. The fraction of sp³-hybridized carbons (Fsp3) is 0.273. The van der Waals surface area contributed by atoms with Crippen LogP contribution in [0.5, 0.6) is 0 Å². The SMILES string of the molecule is CCOC(=O)C(/C=N\c1cccs1)=C(/C)O. The van der Waals surface area contributed by atoms with Crippen molar-refractivity contribution in [1.29, 1.82) is 0 Å². The predicted octanol–water partition coefficient (Wildman–Crippen LogP) is 2.85. The van der Waals surface area contributed by atoms with Gasteiger partial charge < -0.3 is 9.84 Å². The van der Waals surface area contributed by atoms with Crippen molar-refractivity contribution in [3.05, 3.63) is 28.8 Å². The van der Waals surface area contributed by atoms with E-state index in [0.29, 0.717) is 0 Å². The lowest BCUT2D eigenvalue weighted by atomic mass is 10.2. The van der Waals surface area contributed by atoms with Crippen LogP contribution >= 0.6 is 11.3 Å². The highest BCUT2D eigenvalue weighted by Crippen LogP contribution is 2.19. The normalized spacial score (nSPS) is 12.6. The number of aliphatic hydroxyl groups is 1. The minimum absolute atomic E-state index is 0.0789. The molecule has 0 fully saturated rings. The van der Waals surface area contributed by atoms with Gasteiger partial charge in [-0.2, -0.15) is 0 Å². The van der Waals surface area contributed by atoms with E-state index in [9.17, 15) is 9.90 Å². The largest absolute Gasteiger partial charge is 0.512 e. The fourth-order valence-corrected chi connectivity index (χ4v) is 1.54. The topological polar surface area (TPSA) is 58.9 Å². The smallest absolute Gasteiger partial charge is 0.343 e. The summed E-state index contributed by atoms with van der Waals surface area (Å²) in [5.41, 5.74) is 0.0789. The summed E-state index contributed by atoms with van der Waals surface area (Å²) in [6, 6.07) is 3.67. The van der Waals surface area contributed by atoms with Crippen LogP contribution in [0.3, 0.4) is 0 Å². The molecule has 0 aliphatic heterocycles. The van der Waals surface area contributed by atoms with E-state index in [4.69, 9.17) is 4.74 Å². The number of hydrogen-bond acceptors (Lipinski definition) is 5. The van der Waals surface area contributed by atoms with E-state index < -0.39 is 5.97 Å². The third-order valence-corrected chi connectivity index (χ3v) is 2.49. The summed E-state index contributed by atoms with van der Waals surface area (Å²) in [4.78, 5) is 15.5. The summed E-state index contributed by atoms with van der Waals surface area (Å²) in [7, 11) is 0. The first-order chi connectivity index (χ1) is 7.65. The molecule has 0 saturated carbocycles. The van der Waals surface area contributed by atoms with E-state index >= 15 is 0 Å². The van der Waals surface area contributed by atoms with Gasteiger partial charge in [-0.05, 0) is 31.4 Å². The molecule has 1 aromatic heterocycles. The quantitative estimate of drug-likeness (QED) is 0.380. The van der Waals surface area contributed by atoms with E-state index in [1.807, 2.05) is 17.5 Å². The fourth-order valence-electron chi connectivity index (χ4n) is 0.974. The molecule has 1 heterocycles. The number of rotatable bonds is 4.